The maximum Gasteiger partial charge on any atom is 0.217 e. The predicted molar refractivity (Wildman–Crippen MR) is 75.3 cm³/mol. The second kappa shape index (κ2) is 8.48. The Hall–Kier alpha value is -0.610. The molecule has 0 aromatic carbocycles. The Morgan fingerprint density at radius 3 is 2.61 bits per heavy atom. The van der Waals surface area contributed by atoms with Crippen LogP contribution in [0.1, 0.15) is 46.0 Å². The molecular weight excluding hydrogens is 226 g/mol. The van der Waals surface area contributed by atoms with Gasteiger partial charge in [-0.1, -0.05) is 6.92 Å². The molecule has 18 heavy (non-hydrogen) atoms. The lowest BCUT2D eigenvalue weighted by Gasteiger charge is -2.34. The molecule has 1 saturated heterocycles. The van der Waals surface area contributed by atoms with Crippen LogP contribution in [0.4, 0.5) is 0 Å². The molecule has 1 unspecified atom stereocenters. The molecule has 1 aliphatic rings. The van der Waals surface area contributed by atoms with E-state index in [0.717, 1.165) is 25.3 Å². The van der Waals surface area contributed by atoms with Crippen molar-refractivity contribution >= 4 is 5.91 Å². The fourth-order valence-corrected chi connectivity index (χ4v) is 2.69. The second-order valence-electron chi connectivity index (χ2n) is 5.44. The van der Waals surface area contributed by atoms with Gasteiger partial charge in [0.25, 0.3) is 0 Å². The number of hydrogen-bond donors (Lipinski definition) is 2. The topological polar surface area (TPSA) is 58.4 Å². The second-order valence-corrected chi connectivity index (χ2v) is 5.44. The summed E-state index contributed by atoms with van der Waals surface area (Å²) in [6, 6.07) is 0.595. The van der Waals surface area contributed by atoms with E-state index < -0.39 is 0 Å². The largest absolute Gasteiger partial charge is 0.370 e. The average molecular weight is 255 g/mol. The molecular formula is C14H29N3O. The van der Waals surface area contributed by atoms with Crippen molar-refractivity contribution in [2.24, 2.45) is 11.7 Å². The third kappa shape index (κ3) is 5.83. The number of nitrogens with zero attached hydrogens (tertiary/aromatic N) is 1. The van der Waals surface area contributed by atoms with Crippen molar-refractivity contribution in [3.8, 4) is 0 Å². The Balaban J connectivity index is 2.06. The minimum atomic E-state index is -0.185. The van der Waals surface area contributed by atoms with E-state index in [1.807, 2.05) is 0 Å². The van der Waals surface area contributed by atoms with Crippen molar-refractivity contribution in [1.82, 2.24) is 10.2 Å². The van der Waals surface area contributed by atoms with Gasteiger partial charge in [0.15, 0.2) is 0 Å². The van der Waals surface area contributed by atoms with E-state index in [0.29, 0.717) is 12.5 Å². The molecule has 4 nitrogen and oxygen atoms in total. The van der Waals surface area contributed by atoms with Gasteiger partial charge >= 0.3 is 0 Å². The molecule has 0 aliphatic carbocycles. The number of nitrogens with one attached hydrogen (secondary N) is 1. The normalized spacial score (nSPS) is 19.9. The molecule has 0 radical (unpaired) electrons. The summed E-state index contributed by atoms with van der Waals surface area (Å²) in [6.45, 7) is 9.20. The van der Waals surface area contributed by atoms with Crippen LogP contribution in [0.25, 0.3) is 0 Å². The lowest BCUT2D eigenvalue weighted by Crippen LogP contribution is -2.42. The van der Waals surface area contributed by atoms with E-state index in [1.165, 1.54) is 32.5 Å². The quantitative estimate of drug-likeness (QED) is 0.644. The summed E-state index contributed by atoms with van der Waals surface area (Å²) in [5.74, 6) is 0.624. The summed E-state index contributed by atoms with van der Waals surface area (Å²) in [4.78, 5) is 13.1. The van der Waals surface area contributed by atoms with E-state index in [1.54, 1.807) is 0 Å². The molecule has 0 aromatic heterocycles. The molecule has 1 rings (SSSR count). The zero-order chi connectivity index (χ0) is 13.4. The first kappa shape index (κ1) is 15.4. The zero-order valence-electron chi connectivity index (χ0n) is 12.0. The Morgan fingerprint density at radius 1 is 1.39 bits per heavy atom. The van der Waals surface area contributed by atoms with Gasteiger partial charge in [-0.3, -0.25) is 4.79 Å². The molecule has 0 saturated carbocycles. The Morgan fingerprint density at radius 2 is 2.06 bits per heavy atom. The van der Waals surface area contributed by atoms with Crippen molar-refractivity contribution in [3.05, 3.63) is 0 Å². The maximum atomic E-state index is 10.6. The number of piperidine rings is 1. The van der Waals surface area contributed by atoms with Crippen molar-refractivity contribution in [3.63, 3.8) is 0 Å². The molecule has 1 atom stereocenters. The smallest absolute Gasteiger partial charge is 0.217 e. The van der Waals surface area contributed by atoms with E-state index in [4.69, 9.17) is 5.73 Å². The van der Waals surface area contributed by atoms with E-state index >= 15 is 0 Å². The first-order valence-electron chi connectivity index (χ1n) is 7.37. The molecule has 1 amide bonds. The highest BCUT2D eigenvalue weighted by Crippen LogP contribution is 2.20. The van der Waals surface area contributed by atoms with Gasteiger partial charge in [0.1, 0.15) is 0 Å². The van der Waals surface area contributed by atoms with Crippen molar-refractivity contribution in [1.29, 1.82) is 0 Å². The van der Waals surface area contributed by atoms with Crippen LogP contribution in [0, 0.1) is 5.92 Å². The first-order chi connectivity index (χ1) is 8.63. The summed E-state index contributed by atoms with van der Waals surface area (Å²) < 4.78 is 0. The van der Waals surface area contributed by atoms with Gasteiger partial charge in [-0.25, -0.2) is 0 Å². The highest BCUT2D eigenvalue weighted by molar-refractivity contribution is 5.73. The minimum absolute atomic E-state index is 0.185. The van der Waals surface area contributed by atoms with Crippen LogP contribution in [0.3, 0.4) is 0 Å². The molecule has 1 fully saturated rings. The van der Waals surface area contributed by atoms with Crippen molar-refractivity contribution in [2.45, 2.75) is 52.0 Å². The SMILES string of the molecule is CCN1CCC(C(C)NCCCCC(N)=O)CC1. The summed E-state index contributed by atoms with van der Waals surface area (Å²) >= 11 is 0. The number of primary amides is 1. The Kier molecular flexibility index (Phi) is 7.28. The molecule has 4 heteroatoms. The number of unbranched alkanes of at least 4 members (excludes halogenated alkanes) is 1. The summed E-state index contributed by atoms with van der Waals surface area (Å²) in [5, 5.41) is 3.59. The minimum Gasteiger partial charge on any atom is -0.370 e. The van der Waals surface area contributed by atoms with Crippen molar-refractivity contribution < 1.29 is 4.79 Å². The molecule has 0 spiro atoms. The number of likely N-dealkylation sites (tertiary alicyclic amines) is 1. The van der Waals surface area contributed by atoms with E-state index in [-0.39, 0.29) is 5.91 Å². The van der Waals surface area contributed by atoms with Crippen LogP contribution in [0.2, 0.25) is 0 Å². The standard InChI is InChI=1S/C14H29N3O/c1-3-17-10-7-13(8-11-17)12(2)16-9-5-4-6-14(15)18/h12-13,16H,3-11H2,1-2H3,(H2,15,18). The number of rotatable bonds is 8. The lowest BCUT2D eigenvalue weighted by atomic mass is 9.90. The summed E-state index contributed by atoms with van der Waals surface area (Å²) in [6.07, 6.45) is 5.09. The molecule has 106 valence electrons. The monoisotopic (exact) mass is 255 g/mol. The highest BCUT2D eigenvalue weighted by atomic mass is 16.1. The predicted octanol–water partition coefficient (Wildman–Crippen LogP) is 1.35. The fraction of sp³-hybridized carbons (Fsp3) is 0.929. The van der Waals surface area contributed by atoms with Crippen LogP contribution in [-0.2, 0) is 4.79 Å². The number of nitrogens with two attached hydrogens (primary N) is 1. The molecule has 0 bridgehead atoms. The summed E-state index contributed by atoms with van der Waals surface area (Å²) in [5.41, 5.74) is 5.11. The third-order valence-corrected chi connectivity index (χ3v) is 4.10. The number of hydrogen-bond acceptors (Lipinski definition) is 3. The van der Waals surface area contributed by atoms with Gasteiger partial charge in [-0.05, 0) is 64.7 Å². The van der Waals surface area contributed by atoms with E-state index in [9.17, 15) is 4.79 Å². The van der Waals surface area contributed by atoms with E-state index in [2.05, 4.69) is 24.1 Å². The van der Waals surface area contributed by atoms with Gasteiger partial charge in [0.2, 0.25) is 5.91 Å². The number of carbonyl (C=O) groups is 1. The van der Waals surface area contributed by atoms with Crippen LogP contribution < -0.4 is 11.1 Å². The van der Waals surface area contributed by atoms with Crippen LogP contribution >= 0.6 is 0 Å². The van der Waals surface area contributed by atoms with Gasteiger partial charge in [-0.2, -0.15) is 0 Å². The van der Waals surface area contributed by atoms with Gasteiger partial charge < -0.3 is 16.0 Å². The third-order valence-electron chi connectivity index (χ3n) is 4.10. The number of carbonyl (C=O) groups excluding carboxylic acids is 1. The molecule has 0 aromatic rings. The Bertz CT molecular complexity index is 237. The number of amides is 1. The highest BCUT2D eigenvalue weighted by Gasteiger charge is 2.22. The first-order valence-corrected chi connectivity index (χ1v) is 7.37. The van der Waals surface area contributed by atoms with Crippen LogP contribution in [0.5, 0.6) is 0 Å². The molecule has 3 N–H and O–H groups in total. The average Bonchev–Trinajstić information content (AvgIpc) is 2.38. The fourth-order valence-electron chi connectivity index (χ4n) is 2.69. The maximum absolute atomic E-state index is 10.6. The van der Waals surface area contributed by atoms with Gasteiger partial charge in [-0.15, -0.1) is 0 Å². The van der Waals surface area contributed by atoms with Crippen LogP contribution in [-0.4, -0.2) is 43.0 Å². The Labute approximate surface area is 111 Å². The summed E-state index contributed by atoms with van der Waals surface area (Å²) in [7, 11) is 0. The van der Waals surface area contributed by atoms with Crippen molar-refractivity contribution in [2.75, 3.05) is 26.2 Å². The lowest BCUT2D eigenvalue weighted by molar-refractivity contribution is -0.118. The van der Waals surface area contributed by atoms with Crippen LogP contribution in [0.15, 0.2) is 0 Å². The van der Waals surface area contributed by atoms with Gasteiger partial charge in [0, 0.05) is 12.5 Å². The molecule has 1 heterocycles. The molecule has 1 aliphatic heterocycles. The van der Waals surface area contributed by atoms with Gasteiger partial charge in [0.05, 0.1) is 0 Å². The zero-order valence-corrected chi connectivity index (χ0v) is 12.0.